The second kappa shape index (κ2) is 7.24. The van der Waals surface area contributed by atoms with Crippen LogP contribution in [0, 0.1) is 0 Å². The molecule has 136 valence electrons. The number of carbonyl (C=O) groups excluding carboxylic acids is 1. The van der Waals surface area contributed by atoms with Gasteiger partial charge in [0.25, 0.3) is 0 Å². The Morgan fingerprint density at radius 1 is 0.885 bits per heavy atom. The normalized spacial score (nSPS) is 21.3. The van der Waals surface area contributed by atoms with Crippen LogP contribution >= 0.6 is 0 Å². The predicted molar refractivity (Wildman–Crippen MR) is 105 cm³/mol. The van der Waals surface area contributed by atoms with Crippen LogP contribution in [0.3, 0.4) is 0 Å². The van der Waals surface area contributed by atoms with Gasteiger partial charge >= 0.3 is 0 Å². The van der Waals surface area contributed by atoms with Crippen molar-refractivity contribution in [3.05, 3.63) is 70.8 Å². The quantitative estimate of drug-likeness (QED) is 0.829. The van der Waals surface area contributed by atoms with Crippen LogP contribution in [-0.4, -0.2) is 36.3 Å². The molecule has 1 amide bonds. The Morgan fingerprint density at radius 3 is 2.23 bits per heavy atom. The highest BCUT2D eigenvalue weighted by atomic mass is 16.2. The Morgan fingerprint density at radius 2 is 1.50 bits per heavy atom. The van der Waals surface area contributed by atoms with Gasteiger partial charge in [-0.05, 0) is 61.4 Å². The van der Waals surface area contributed by atoms with Crippen molar-refractivity contribution >= 4 is 5.91 Å². The fourth-order valence-corrected chi connectivity index (χ4v) is 4.73. The van der Waals surface area contributed by atoms with Crippen LogP contribution < -0.4 is 0 Å². The number of aryl methyl sites for hydroxylation is 2. The van der Waals surface area contributed by atoms with Crippen molar-refractivity contribution in [1.82, 2.24) is 9.80 Å². The highest BCUT2D eigenvalue weighted by molar-refractivity contribution is 5.78. The van der Waals surface area contributed by atoms with Crippen LogP contribution in [0.15, 0.2) is 48.5 Å². The maximum atomic E-state index is 13.0. The molecule has 3 nitrogen and oxygen atoms in total. The summed E-state index contributed by atoms with van der Waals surface area (Å²) in [5.74, 6) is 0.221. The zero-order chi connectivity index (χ0) is 18.1. The van der Waals surface area contributed by atoms with Crippen molar-refractivity contribution in [3.8, 4) is 0 Å². The van der Waals surface area contributed by atoms with E-state index in [0.717, 1.165) is 32.1 Å². The molecule has 2 aliphatic rings. The molecule has 0 saturated heterocycles. The van der Waals surface area contributed by atoms with Crippen LogP contribution in [0.2, 0.25) is 0 Å². The number of nitrogens with zero attached hydrogens (tertiary/aromatic N) is 2. The molecule has 0 aliphatic heterocycles. The van der Waals surface area contributed by atoms with Crippen molar-refractivity contribution in [3.63, 3.8) is 0 Å². The summed E-state index contributed by atoms with van der Waals surface area (Å²) in [4.78, 5) is 17.2. The molecule has 0 spiro atoms. The maximum absolute atomic E-state index is 13.0. The molecule has 0 heterocycles. The molecule has 2 aliphatic carbocycles. The van der Waals surface area contributed by atoms with E-state index >= 15 is 0 Å². The Labute approximate surface area is 156 Å². The van der Waals surface area contributed by atoms with Gasteiger partial charge in [-0.3, -0.25) is 9.69 Å². The van der Waals surface area contributed by atoms with Crippen molar-refractivity contribution in [1.29, 1.82) is 0 Å². The lowest BCUT2D eigenvalue weighted by Crippen LogP contribution is -2.40. The number of carbonyl (C=O) groups is 1. The predicted octanol–water partition coefficient (Wildman–Crippen LogP) is 4.14. The molecule has 0 saturated carbocycles. The van der Waals surface area contributed by atoms with E-state index in [4.69, 9.17) is 0 Å². The summed E-state index contributed by atoms with van der Waals surface area (Å²) in [6.07, 6.45) is 5.58. The molecule has 0 unspecified atom stereocenters. The Bertz CT molecular complexity index is 800. The fourth-order valence-electron chi connectivity index (χ4n) is 4.73. The van der Waals surface area contributed by atoms with E-state index in [1.165, 1.54) is 22.3 Å². The number of amides is 1. The first-order valence-electron chi connectivity index (χ1n) is 9.76. The van der Waals surface area contributed by atoms with Gasteiger partial charge in [-0.25, -0.2) is 0 Å². The maximum Gasteiger partial charge on any atom is 0.237 e. The van der Waals surface area contributed by atoms with Gasteiger partial charge in [0.15, 0.2) is 0 Å². The third-order valence-corrected chi connectivity index (χ3v) is 6.22. The molecule has 26 heavy (non-hydrogen) atoms. The van der Waals surface area contributed by atoms with Crippen LogP contribution in [0.25, 0.3) is 0 Å². The molecule has 0 radical (unpaired) electrons. The van der Waals surface area contributed by atoms with E-state index in [-0.39, 0.29) is 11.9 Å². The molecular weight excluding hydrogens is 320 g/mol. The number of hydrogen-bond donors (Lipinski definition) is 0. The van der Waals surface area contributed by atoms with Gasteiger partial charge < -0.3 is 4.90 Å². The second-order valence-electron chi connectivity index (χ2n) is 7.78. The third-order valence-electron chi connectivity index (χ3n) is 6.22. The first kappa shape index (κ1) is 17.3. The second-order valence-corrected chi connectivity index (χ2v) is 7.78. The summed E-state index contributed by atoms with van der Waals surface area (Å²) in [5, 5.41) is 0. The van der Waals surface area contributed by atoms with Crippen LogP contribution in [0.4, 0.5) is 0 Å². The molecule has 2 aromatic carbocycles. The zero-order valence-corrected chi connectivity index (χ0v) is 15.8. The highest BCUT2D eigenvalue weighted by Gasteiger charge is 2.30. The van der Waals surface area contributed by atoms with Gasteiger partial charge in [-0.2, -0.15) is 0 Å². The third kappa shape index (κ3) is 3.16. The Kier molecular flexibility index (Phi) is 4.82. The van der Waals surface area contributed by atoms with Gasteiger partial charge in [0.2, 0.25) is 5.91 Å². The summed E-state index contributed by atoms with van der Waals surface area (Å²) in [6.45, 7) is 0.480. The molecule has 0 N–H and O–H groups in total. The standard InChI is InChI=1S/C23H28N2O/c1-24(21-15-14-18-9-4-5-11-19(18)21)16-23(26)25(2)22-13-7-10-17-8-3-6-12-20(17)22/h3-6,8-9,11-12,21-22H,7,10,13-16H2,1-2H3/t21-,22-/m1/s1. The van der Waals surface area contributed by atoms with Gasteiger partial charge in [-0.15, -0.1) is 0 Å². The highest BCUT2D eigenvalue weighted by Crippen LogP contribution is 2.36. The van der Waals surface area contributed by atoms with Crippen molar-refractivity contribution in [2.45, 2.75) is 44.2 Å². The van der Waals surface area contributed by atoms with Crippen molar-refractivity contribution < 1.29 is 4.79 Å². The number of rotatable bonds is 4. The van der Waals surface area contributed by atoms with Crippen molar-refractivity contribution in [2.75, 3.05) is 20.6 Å². The molecule has 2 aromatic rings. The lowest BCUT2D eigenvalue weighted by molar-refractivity contribution is -0.133. The van der Waals surface area contributed by atoms with E-state index in [9.17, 15) is 4.79 Å². The molecular formula is C23H28N2O. The lowest BCUT2D eigenvalue weighted by Gasteiger charge is -2.35. The average molecular weight is 348 g/mol. The first-order valence-corrected chi connectivity index (χ1v) is 9.76. The van der Waals surface area contributed by atoms with Gasteiger partial charge in [-0.1, -0.05) is 48.5 Å². The molecule has 3 heteroatoms. The smallest absolute Gasteiger partial charge is 0.237 e. The lowest BCUT2D eigenvalue weighted by atomic mass is 9.87. The molecule has 0 aromatic heterocycles. The molecule has 0 bridgehead atoms. The first-order chi connectivity index (χ1) is 12.6. The number of hydrogen-bond acceptors (Lipinski definition) is 2. The number of fused-ring (bicyclic) bond motifs is 2. The van der Waals surface area contributed by atoms with Gasteiger partial charge in [0.05, 0.1) is 12.6 Å². The van der Waals surface area contributed by atoms with Crippen LogP contribution in [0.5, 0.6) is 0 Å². The zero-order valence-electron chi connectivity index (χ0n) is 15.8. The van der Waals surface area contributed by atoms with E-state index in [2.05, 4.69) is 60.5 Å². The van der Waals surface area contributed by atoms with Crippen LogP contribution in [-0.2, 0) is 17.6 Å². The van der Waals surface area contributed by atoms with Crippen molar-refractivity contribution in [2.24, 2.45) is 0 Å². The van der Waals surface area contributed by atoms with E-state index in [1.807, 2.05) is 11.9 Å². The molecule has 2 atom stereocenters. The minimum Gasteiger partial charge on any atom is -0.338 e. The topological polar surface area (TPSA) is 23.6 Å². The van der Waals surface area contributed by atoms with E-state index in [1.54, 1.807) is 0 Å². The summed E-state index contributed by atoms with van der Waals surface area (Å²) >= 11 is 0. The fraction of sp³-hybridized carbons (Fsp3) is 0.435. The van der Waals surface area contributed by atoms with E-state index < -0.39 is 0 Å². The number of benzene rings is 2. The summed E-state index contributed by atoms with van der Waals surface area (Å²) < 4.78 is 0. The van der Waals surface area contributed by atoms with E-state index in [0.29, 0.717) is 12.6 Å². The largest absolute Gasteiger partial charge is 0.338 e. The molecule has 4 rings (SSSR count). The monoisotopic (exact) mass is 348 g/mol. The Balaban J connectivity index is 1.46. The van der Waals surface area contributed by atoms with Gasteiger partial charge in [0.1, 0.15) is 0 Å². The number of likely N-dealkylation sites (N-methyl/N-ethyl adjacent to an activating group) is 2. The minimum atomic E-state index is 0.219. The average Bonchev–Trinajstić information content (AvgIpc) is 3.11. The van der Waals surface area contributed by atoms with Crippen LogP contribution in [0.1, 0.15) is 53.6 Å². The summed E-state index contributed by atoms with van der Waals surface area (Å²) in [7, 11) is 4.07. The molecule has 0 fully saturated rings. The SMILES string of the molecule is CN(CC(=O)N(C)[C@@H]1CCCc2ccccc21)[C@@H]1CCc2ccccc21. The minimum absolute atomic E-state index is 0.219. The van der Waals surface area contributed by atoms with Gasteiger partial charge in [0, 0.05) is 13.1 Å². The Hall–Kier alpha value is -2.13. The summed E-state index contributed by atoms with van der Waals surface area (Å²) in [6, 6.07) is 17.8. The summed E-state index contributed by atoms with van der Waals surface area (Å²) in [5.41, 5.74) is 5.57.